The Hall–Kier alpha value is -3.39. The second-order valence-corrected chi connectivity index (χ2v) is 8.70. The number of nitrogens with zero attached hydrogens (tertiary/aromatic N) is 1. The number of carboxylic acid groups (broad SMARTS) is 1. The van der Waals surface area contributed by atoms with Crippen molar-refractivity contribution in [2.75, 3.05) is 13.2 Å². The summed E-state index contributed by atoms with van der Waals surface area (Å²) in [4.78, 5) is 37.3. The summed E-state index contributed by atoms with van der Waals surface area (Å²) in [6, 6.07) is 14.9. The van der Waals surface area contributed by atoms with E-state index in [2.05, 4.69) is 29.6 Å². The number of carboxylic acids is 1. The molecule has 2 amide bonds. The lowest BCUT2D eigenvalue weighted by molar-refractivity contribution is -0.148. The van der Waals surface area contributed by atoms with Gasteiger partial charge in [0.25, 0.3) is 0 Å². The van der Waals surface area contributed by atoms with Gasteiger partial charge in [-0.2, -0.15) is 0 Å². The number of rotatable bonds is 7. The van der Waals surface area contributed by atoms with E-state index in [-0.39, 0.29) is 43.9 Å². The number of carbonyl (C=O) groups is 3. The van der Waals surface area contributed by atoms with E-state index in [9.17, 15) is 24.6 Å². The van der Waals surface area contributed by atoms with Gasteiger partial charge in [-0.3, -0.25) is 4.79 Å². The number of ether oxygens (including phenoxy) is 1. The quantitative estimate of drug-likeness (QED) is 0.595. The number of nitrogens with one attached hydrogen (secondary N) is 1. The molecule has 2 aliphatic rings. The van der Waals surface area contributed by atoms with Crippen molar-refractivity contribution in [2.24, 2.45) is 0 Å². The van der Waals surface area contributed by atoms with Gasteiger partial charge in [-0.1, -0.05) is 48.5 Å². The second-order valence-electron chi connectivity index (χ2n) is 8.70. The van der Waals surface area contributed by atoms with E-state index in [1.54, 1.807) is 6.92 Å². The Bertz CT molecular complexity index is 1010. The molecule has 0 bridgehead atoms. The second kappa shape index (κ2) is 9.62. The number of hydrogen-bond acceptors (Lipinski definition) is 5. The van der Waals surface area contributed by atoms with Crippen LogP contribution in [0.5, 0.6) is 0 Å². The molecule has 2 aromatic rings. The van der Waals surface area contributed by atoms with E-state index in [1.807, 2.05) is 24.3 Å². The number of aliphatic hydroxyl groups excluding tert-OH is 1. The Morgan fingerprint density at radius 2 is 1.70 bits per heavy atom. The van der Waals surface area contributed by atoms with Gasteiger partial charge >= 0.3 is 12.1 Å². The molecule has 1 aliphatic carbocycles. The molecule has 1 heterocycles. The van der Waals surface area contributed by atoms with Crippen LogP contribution in [0.3, 0.4) is 0 Å². The van der Waals surface area contributed by atoms with Gasteiger partial charge in [0, 0.05) is 31.3 Å². The third-order valence-corrected chi connectivity index (χ3v) is 6.38. The predicted molar refractivity (Wildman–Crippen MR) is 121 cm³/mol. The van der Waals surface area contributed by atoms with Gasteiger partial charge in [-0.15, -0.1) is 0 Å². The topological polar surface area (TPSA) is 116 Å². The summed E-state index contributed by atoms with van der Waals surface area (Å²) in [5.74, 6) is -1.50. The summed E-state index contributed by atoms with van der Waals surface area (Å²) in [5.41, 5.74) is 4.57. The molecule has 174 valence electrons. The summed E-state index contributed by atoms with van der Waals surface area (Å²) in [6.07, 6.45) is -0.944. The molecule has 8 nitrogen and oxygen atoms in total. The maximum absolute atomic E-state index is 12.4. The van der Waals surface area contributed by atoms with E-state index >= 15 is 0 Å². The van der Waals surface area contributed by atoms with Gasteiger partial charge in [-0.05, 0) is 35.6 Å². The first kappa shape index (κ1) is 22.8. The van der Waals surface area contributed by atoms with E-state index < -0.39 is 24.2 Å². The fourth-order valence-corrected chi connectivity index (χ4v) is 4.72. The third-order valence-electron chi connectivity index (χ3n) is 6.38. The molecule has 0 saturated carbocycles. The predicted octanol–water partition coefficient (Wildman–Crippen LogP) is 2.74. The van der Waals surface area contributed by atoms with Crippen molar-refractivity contribution in [3.63, 3.8) is 0 Å². The lowest BCUT2D eigenvalue weighted by Crippen LogP contribution is -2.41. The Kier molecular flexibility index (Phi) is 6.65. The first-order valence-electron chi connectivity index (χ1n) is 11.2. The fourth-order valence-electron chi connectivity index (χ4n) is 4.72. The first-order chi connectivity index (χ1) is 15.8. The molecule has 1 aliphatic heterocycles. The van der Waals surface area contributed by atoms with Crippen molar-refractivity contribution >= 4 is 18.0 Å². The molecule has 0 spiro atoms. The normalized spacial score (nSPS) is 20.1. The summed E-state index contributed by atoms with van der Waals surface area (Å²) in [5, 5.41) is 21.7. The van der Waals surface area contributed by atoms with E-state index in [0.717, 1.165) is 22.3 Å². The summed E-state index contributed by atoms with van der Waals surface area (Å²) < 4.78 is 5.52. The minimum atomic E-state index is -1.12. The third kappa shape index (κ3) is 4.85. The van der Waals surface area contributed by atoms with Crippen LogP contribution >= 0.6 is 0 Å². The standard InChI is InChI=1S/C25H28N2O6/c1-15(10-11-23(29)27-13-16(28)12-22(27)24(30)31)26-25(32)33-14-21-19-8-4-2-6-17(19)18-7-3-5-9-20(18)21/h2-9,15-16,21-22,28H,10-14H2,1H3,(H,26,32)(H,30,31)/t15?,16?,22-/m0/s1. The average molecular weight is 453 g/mol. The number of aliphatic carboxylic acids is 1. The zero-order valence-corrected chi connectivity index (χ0v) is 18.4. The highest BCUT2D eigenvalue weighted by molar-refractivity contribution is 5.84. The van der Waals surface area contributed by atoms with Crippen LogP contribution in [0.4, 0.5) is 4.79 Å². The molecule has 1 fully saturated rings. The van der Waals surface area contributed by atoms with E-state index in [0.29, 0.717) is 6.42 Å². The zero-order chi connectivity index (χ0) is 23.5. The highest BCUT2D eigenvalue weighted by Crippen LogP contribution is 2.44. The van der Waals surface area contributed by atoms with Gasteiger partial charge in [0.05, 0.1) is 6.10 Å². The number of fused-ring (bicyclic) bond motifs is 3. The number of likely N-dealkylation sites (tertiary alicyclic amines) is 1. The van der Waals surface area contributed by atoms with Crippen LogP contribution in [-0.4, -0.2) is 64.4 Å². The smallest absolute Gasteiger partial charge is 0.407 e. The van der Waals surface area contributed by atoms with Crippen molar-refractivity contribution in [1.29, 1.82) is 0 Å². The molecule has 3 N–H and O–H groups in total. The Labute approximate surface area is 192 Å². The van der Waals surface area contributed by atoms with Crippen LogP contribution in [0.2, 0.25) is 0 Å². The zero-order valence-electron chi connectivity index (χ0n) is 18.4. The molecule has 1 saturated heterocycles. The molecule has 4 rings (SSSR count). The maximum Gasteiger partial charge on any atom is 0.407 e. The van der Waals surface area contributed by atoms with Crippen molar-refractivity contribution in [3.05, 3.63) is 59.7 Å². The van der Waals surface area contributed by atoms with E-state index in [1.165, 1.54) is 4.90 Å². The van der Waals surface area contributed by atoms with Gasteiger partial charge in [0.2, 0.25) is 5.91 Å². The van der Waals surface area contributed by atoms with Crippen molar-refractivity contribution in [1.82, 2.24) is 10.2 Å². The number of carbonyl (C=O) groups excluding carboxylic acids is 2. The van der Waals surface area contributed by atoms with Gasteiger partial charge in [0.15, 0.2) is 0 Å². The van der Waals surface area contributed by atoms with Crippen LogP contribution < -0.4 is 5.32 Å². The molecule has 33 heavy (non-hydrogen) atoms. The molecule has 0 radical (unpaired) electrons. The van der Waals surface area contributed by atoms with Crippen molar-refractivity contribution in [2.45, 2.75) is 50.3 Å². The maximum atomic E-state index is 12.4. The highest BCUT2D eigenvalue weighted by Gasteiger charge is 2.38. The largest absolute Gasteiger partial charge is 0.480 e. The van der Waals surface area contributed by atoms with Crippen molar-refractivity contribution < 1.29 is 29.3 Å². The molecule has 0 aromatic heterocycles. The molecular weight excluding hydrogens is 424 g/mol. The Morgan fingerprint density at radius 1 is 1.09 bits per heavy atom. The van der Waals surface area contributed by atoms with Gasteiger partial charge in [0.1, 0.15) is 12.6 Å². The summed E-state index contributed by atoms with van der Waals surface area (Å²) in [6.45, 7) is 1.99. The van der Waals surface area contributed by atoms with Crippen LogP contribution in [0.25, 0.3) is 11.1 Å². The molecule has 2 unspecified atom stereocenters. The lowest BCUT2D eigenvalue weighted by atomic mass is 9.98. The number of β-amino-alcohol motifs (C(OH)–C–C–N with tert-alkyl or cyclic N) is 1. The van der Waals surface area contributed by atoms with E-state index in [4.69, 9.17) is 4.74 Å². The molecule has 3 atom stereocenters. The summed E-state index contributed by atoms with van der Waals surface area (Å²) >= 11 is 0. The molecular formula is C25H28N2O6. The van der Waals surface area contributed by atoms with Crippen LogP contribution in [0.1, 0.15) is 43.2 Å². The number of hydrogen-bond donors (Lipinski definition) is 3. The minimum Gasteiger partial charge on any atom is -0.480 e. The first-order valence-corrected chi connectivity index (χ1v) is 11.2. The molecule has 2 aromatic carbocycles. The van der Waals surface area contributed by atoms with Crippen LogP contribution in [0.15, 0.2) is 48.5 Å². The number of alkyl carbamates (subject to hydrolysis) is 1. The van der Waals surface area contributed by atoms with Crippen molar-refractivity contribution in [3.8, 4) is 11.1 Å². The molecule has 8 heteroatoms. The lowest BCUT2D eigenvalue weighted by Gasteiger charge is -2.22. The Balaban J connectivity index is 1.27. The van der Waals surface area contributed by atoms with Crippen LogP contribution in [-0.2, 0) is 14.3 Å². The van der Waals surface area contributed by atoms with Gasteiger partial charge < -0.3 is 25.2 Å². The van der Waals surface area contributed by atoms with Crippen LogP contribution in [0, 0.1) is 0 Å². The van der Waals surface area contributed by atoms with Gasteiger partial charge in [-0.25, -0.2) is 9.59 Å². The average Bonchev–Trinajstić information content (AvgIpc) is 3.34. The number of benzene rings is 2. The Morgan fingerprint density at radius 3 is 2.30 bits per heavy atom. The number of amides is 2. The fraction of sp³-hybridized carbons (Fsp3) is 0.400. The number of aliphatic hydroxyl groups is 1. The monoisotopic (exact) mass is 452 g/mol. The SMILES string of the molecule is CC(CCC(=O)N1CC(O)C[C@H]1C(=O)O)NC(=O)OCC1c2ccccc2-c2ccccc21. The summed E-state index contributed by atoms with van der Waals surface area (Å²) in [7, 11) is 0. The minimum absolute atomic E-state index is 0.0178. The highest BCUT2D eigenvalue weighted by atomic mass is 16.5.